The molecule has 0 aliphatic rings. The van der Waals surface area contributed by atoms with Gasteiger partial charge in [0.15, 0.2) is 0 Å². The molecule has 72 valence electrons. The van der Waals surface area contributed by atoms with Crippen molar-refractivity contribution in [1.82, 2.24) is 0 Å². The van der Waals surface area contributed by atoms with E-state index in [0.717, 1.165) is 12.8 Å². The van der Waals surface area contributed by atoms with Crippen LogP contribution < -0.4 is 5.73 Å². The van der Waals surface area contributed by atoms with Crippen LogP contribution >= 0.6 is 12.4 Å². The van der Waals surface area contributed by atoms with E-state index in [4.69, 9.17) is 11.1 Å². The number of rotatable bonds is 4. The third-order valence-electron chi connectivity index (χ3n) is 1.64. The third kappa shape index (κ3) is 6.35. The van der Waals surface area contributed by atoms with E-state index < -0.39 is 0 Å². The van der Waals surface area contributed by atoms with E-state index in [1.54, 1.807) is 0 Å². The lowest BCUT2D eigenvalue weighted by molar-refractivity contribution is 0.420. The molecule has 1 unspecified atom stereocenters. The molecule has 0 spiro atoms. The molecule has 0 aromatic rings. The minimum Gasteiger partial charge on any atom is -0.328 e. The van der Waals surface area contributed by atoms with Gasteiger partial charge in [-0.1, -0.05) is 6.92 Å². The van der Waals surface area contributed by atoms with Crippen molar-refractivity contribution < 1.29 is 0 Å². The summed E-state index contributed by atoms with van der Waals surface area (Å²) >= 11 is 0. The molecule has 1 atom stereocenters. The molecule has 0 bridgehead atoms. The maximum absolute atomic E-state index is 6.70. The van der Waals surface area contributed by atoms with E-state index in [1.807, 2.05) is 13.8 Å². The van der Waals surface area contributed by atoms with Crippen molar-refractivity contribution in [3.8, 4) is 0 Å². The summed E-state index contributed by atoms with van der Waals surface area (Å²) in [6, 6.07) is 2.24. The van der Waals surface area contributed by atoms with Crippen LogP contribution in [0.5, 0.6) is 0 Å². The summed E-state index contributed by atoms with van der Waals surface area (Å²) in [5, 5.41) is 6.70. The lowest BCUT2D eigenvalue weighted by Crippen LogP contribution is -2.30. The molecule has 12 heavy (non-hydrogen) atoms. The molecule has 0 aromatic carbocycles. The van der Waals surface area contributed by atoms with Crippen LogP contribution in [-0.2, 0) is 0 Å². The van der Waals surface area contributed by atoms with E-state index in [1.165, 1.54) is 0 Å². The molecule has 3 N–H and O–H groups in total. The van der Waals surface area contributed by atoms with Crippen molar-refractivity contribution in [2.45, 2.75) is 45.2 Å². The zero-order chi connectivity index (χ0) is 8.91. The first-order valence-corrected chi connectivity index (χ1v) is 3.91. The molecule has 0 radical (unpaired) electrons. The molecule has 0 amide bonds. The number of hydrogen-bond acceptors (Lipinski definition) is 3. The summed E-state index contributed by atoms with van der Waals surface area (Å²) in [6.45, 7) is 5.98. The van der Waals surface area contributed by atoms with Gasteiger partial charge in [-0.05, 0) is 26.7 Å². The van der Waals surface area contributed by atoms with Crippen LogP contribution in [0, 0.1) is 5.41 Å². The first kappa shape index (κ1) is 14.2. The minimum atomic E-state index is -0.225. The van der Waals surface area contributed by atoms with Gasteiger partial charge < -0.3 is 5.73 Å². The maximum atomic E-state index is 6.70. The van der Waals surface area contributed by atoms with Gasteiger partial charge in [-0.15, -0.1) is 12.4 Å². The Morgan fingerprint density at radius 2 is 2.08 bits per heavy atom. The fourth-order valence-corrected chi connectivity index (χ4v) is 0.983. The highest BCUT2D eigenvalue weighted by atomic mass is 35.5. The van der Waals surface area contributed by atoms with Gasteiger partial charge in [-0.25, -0.2) is 10.4 Å². The summed E-state index contributed by atoms with van der Waals surface area (Å²) in [5.74, 6) is 0. The Bertz CT molecular complexity index is 162. The van der Waals surface area contributed by atoms with Crippen molar-refractivity contribution in [2.75, 3.05) is 0 Å². The van der Waals surface area contributed by atoms with Crippen LogP contribution in [0.15, 0.2) is 4.99 Å². The molecule has 0 aliphatic heterocycles. The molecular weight excluding hydrogens is 174 g/mol. The van der Waals surface area contributed by atoms with Gasteiger partial charge in [0.1, 0.15) is 0 Å². The Balaban J connectivity index is 0. The van der Waals surface area contributed by atoms with Crippen LogP contribution in [0.4, 0.5) is 0 Å². The standard InChI is InChI=1S/C8H17N3.ClH/c1-4-7(10)5-8(2,3)11-6-9;/h7,9H,4-5,10H2,1-3H3;1H. The highest BCUT2D eigenvalue weighted by molar-refractivity contribution is 5.85. The highest BCUT2D eigenvalue weighted by Gasteiger charge is 2.18. The second-order valence-electron chi connectivity index (χ2n) is 3.41. The lowest BCUT2D eigenvalue weighted by atomic mass is 9.95. The highest BCUT2D eigenvalue weighted by Crippen LogP contribution is 2.15. The minimum absolute atomic E-state index is 0. The molecule has 0 fully saturated rings. The average Bonchev–Trinajstić information content (AvgIpc) is 1.86. The van der Waals surface area contributed by atoms with Crippen LogP contribution in [0.1, 0.15) is 33.6 Å². The number of nitrogens with two attached hydrogens (primary N) is 1. The van der Waals surface area contributed by atoms with Crippen molar-refractivity contribution in [2.24, 2.45) is 10.7 Å². The van der Waals surface area contributed by atoms with Crippen LogP contribution in [0.3, 0.4) is 0 Å². The van der Waals surface area contributed by atoms with Crippen molar-refractivity contribution in [3.05, 3.63) is 0 Å². The zero-order valence-electron chi connectivity index (χ0n) is 7.92. The summed E-state index contributed by atoms with van der Waals surface area (Å²) in [4.78, 5) is 3.88. The summed E-state index contributed by atoms with van der Waals surface area (Å²) in [7, 11) is 0. The number of aliphatic imine (C=N–C) groups is 1. The zero-order valence-corrected chi connectivity index (χ0v) is 8.74. The van der Waals surface area contributed by atoms with Gasteiger partial charge in [-0.2, -0.15) is 0 Å². The first-order chi connectivity index (χ1) is 5.02. The van der Waals surface area contributed by atoms with Crippen molar-refractivity contribution in [1.29, 1.82) is 5.41 Å². The van der Waals surface area contributed by atoms with Gasteiger partial charge in [0, 0.05) is 6.04 Å². The molecule has 0 heterocycles. The van der Waals surface area contributed by atoms with Gasteiger partial charge in [-0.3, -0.25) is 0 Å². The number of nitrogens with zero attached hydrogens (tertiary/aromatic N) is 1. The van der Waals surface area contributed by atoms with Crippen molar-refractivity contribution >= 4 is 18.4 Å². The molecule has 0 aromatic heterocycles. The van der Waals surface area contributed by atoms with Crippen LogP contribution in [-0.4, -0.2) is 17.6 Å². The molecule has 0 rings (SSSR count). The van der Waals surface area contributed by atoms with E-state index in [9.17, 15) is 0 Å². The summed E-state index contributed by atoms with van der Waals surface area (Å²) in [6.07, 6.45) is 1.77. The van der Waals surface area contributed by atoms with Crippen molar-refractivity contribution in [3.63, 3.8) is 0 Å². The summed E-state index contributed by atoms with van der Waals surface area (Å²) in [5.41, 5.74) is 5.52. The molecule has 0 saturated heterocycles. The van der Waals surface area contributed by atoms with Gasteiger partial charge in [0.05, 0.1) is 11.5 Å². The SMILES string of the molecule is CCC(N)CC(C)(C)N=C=N.Cl. The maximum Gasteiger partial charge on any atom is 0.0867 e. The largest absolute Gasteiger partial charge is 0.328 e. The Morgan fingerprint density at radius 3 is 2.42 bits per heavy atom. The second-order valence-corrected chi connectivity index (χ2v) is 3.41. The quantitative estimate of drug-likeness (QED) is 0.657. The first-order valence-electron chi connectivity index (χ1n) is 3.91. The Morgan fingerprint density at radius 1 is 1.58 bits per heavy atom. The Kier molecular flexibility index (Phi) is 7.30. The van der Waals surface area contributed by atoms with Gasteiger partial charge in [0.25, 0.3) is 0 Å². The fourth-order valence-electron chi connectivity index (χ4n) is 0.983. The van der Waals surface area contributed by atoms with E-state index in [-0.39, 0.29) is 24.0 Å². The number of hydrogen-bond donors (Lipinski definition) is 2. The second kappa shape index (κ2) is 6.18. The number of nitrogens with one attached hydrogen (secondary N) is 1. The average molecular weight is 192 g/mol. The van der Waals surface area contributed by atoms with Gasteiger partial charge >= 0.3 is 0 Å². The summed E-state index contributed by atoms with van der Waals surface area (Å²) < 4.78 is 0. The third-order valence-corrected chi connectivity index (χ3v) is 1.64. The molecule has 3 nitrogen and oxygen atoms in total. The molecular formula is C8H18ClN3. The fraction of sp³-hybridized carbons (Fsp3) is 0.875. The smallest absolute Gasteiger partial charge is 0.0867 e. The lowest BCUT2D eigenvalue weighted by Gasteiger charge is -2.21. The predicted octanol–water partition coefficient (Wildman–Crippen LogP) is 2.07. The molecule has 4 heteroatoms. The van der Waals surface area contributed by atoms with E-state index in [2.05, 4.69) is 17.9 Å². The predicted molar refractivity (Wildman–Crippen MR) is 54.4 cm³/mol. The van der Waals surface area contributed by atoms with E-state index in [0.29, 0.717) is 0 Å². The normalized spacial score (nSPS) is 12.7. The van der Waals surface area contributed by atoms with E-state index >= 15 is 0 Å². The molecule has 0 saturated carbocycles. The Hall–Kier alpha value is -0.370. The monoisotopic (exact) mass is 191 g/mol. The van der Waals surface area contributed by atoms with Gasteiger partial charge in [0.2, 0.25) is 0 Å². The molecule has 0 aliphatic carbocycles. The topological polar surface area (TPSA) is 62.2 Å². The van der Waals surface area contributed by atoms with Crippen LogP contribution in [0.25, 0.3) is 0 Å². The number of halogens is 1. The van der Waals surface area contributed by atoms with Crippen LogP contribution in [0.2, 0.25) is 0 Å². The Labute approximate surface area is 80.4 Å².